The second kappa shape index (κ2) is 4.97. The number of benzene rings is 1. The van der Waals surface area contributed by atoms with Crippen LogP contribution in [0.4, 0.5) is 0 Å². The Morgan fingerprint density at radius 3 is 2.40 bits per heavy atom. The van der Waals surface area contributed by atoms with Crippen LogP contribution in [0.1, 0.15) is 24.4 Å². The summed E-state index contributed by atoms with van der Waals surface area (Å²) in [6.45, 7) is 1.68. The summed E-state index contributed by atoms with van der Waals surface area (Å²) in [4.78, 5) is 0. The number of hydrogen-bond donors (Lipinski definition) is 1. The highest BCUT2D eigenvalue weighted by Gasteiger charge is 2.21. The molecule has 1 aliphatic heterocycles. The molecule has 0 unspecified atom stereocenters. The van der Waals surface area contributed by atoms with Gasteiger partial charge in [0, 0.05) is 24.3 Å². The zero-order chi connectivity index (χ0) is 10.7. The van der Waals surface area contributed by atoms with Gasteiger partial charge in [-0.3, -0.25) is 0 Å². The van der Waals surface area contributed by atoms with Gasteiger partial charge in [0.2, 0.25) is 0 Å². The minimum Gasteiger partial charge on any atom is -0.381 e. The van der Waals surface area contributed by atoms with Crippen molar-refractivity contribution in [2.45, 2.75) is 18.9 Å². The maximum Gasteiger partial charge on any atom is 0.0469 e. The van der Waals surface area contributed by atoms with Crippen molar-refractivity contribution < 1.29 is 4.74 Å². The molecule has 1 atom stereocenters. The van der Waals surface area contributed by atoms with Crippen LogP contribution in [0.15, 0.2) is 24.3 Å². The molecule has 1 heterocycles. The summed E-state index contributed by atoms with van der Waals surface area (Å²) < 4.78 is 5.33. The Balaban J connectivity index is 2.05. The monoisotopic (exact) mass is 225 g/mol. The topological polar surface area (TPSA) is 35.2 Å². The average Bonchev–Trinajstić information content (AvgIpc) is 2.30. The Labute approximate surface area is 95.4 Å². The Morgan fingerprint density at radius 1 is 1.20 bits per heavy atom. The summed E-state index contributed by atoms with van der Waals surface area (Å²) in [5.74, 6) is 0.542. The van der Waals surface area contributed by atoms with E-state index in [2.05, 4.69) is 0 Å². The van der Waals surface area contributed by atoms with Gasteiger partial charge in [-0.15, -0.1) is 0 Å². The highest BCUT2D eigenvalue weighted by Crippen LogP contribution is 2.28. The zero-order valence-electron chi connectivity index (χ0n) is 8.66. The number of hydrogen-bond acceptors (Lipinski definition) is 2. The molecule has 15 heavy (non-hydrogen) atoms. The van der Waals surface area contributed by atoms with E-state index < -0.39 is 0 Å². The number of rotatable bonds is 2. The molecular weight excluding hydrogens is 210 g/mol. The third kappa shape index (κ3) is 2.71. The summed E-state index contributed by atoms with van der Waals surface area (Å²) in [6, 6.07) is 7.95. The Kier molecular flexibility index (Phi) is 3.62. The molecule has 0 aliphatic carbocycles. The molecule has 2 rings (SSSR count). The van der Waals surface area contributed by atoms with Gasteiger partial charge in [0.05, 0.1) is 0 Å². The van der Waals surface area contributed by atoms with Gasteiger partial charge in [-0.25, -0.2) is 0 Å². The Hall–Kier alpha value is -0.570. The van der Waals surface area contributed by atoms with Gasteiger partial charge < -0.3 is 10.5 Å². The lowest BCUT2D eigenvalue weighted by atomic mass is 9.88. The number of ether oxygens (including phenoxy) is 1. The van der Waals surface area contributed by atoms with Crippen LogP contribution in [0, 0.1) is 5.92 Å². The summed E-state index contributed by atoms with van der Waals surface area (Å²) >= 11 is 5.84. The predicted octanol–water partition coefficient (Wildman–Crippen LogP) is 2.77. The first kappa shape index (κ1) is 10.9. The molecule has 82 valence electrons. The Morgan fingerprint density at radius 2 is 1.80 bits per heavy atom. The number of nitrogens with two attached hydrogens (primary N) is 1. The van der Waals surface area contributed by atoms with Crippen molar-refractivity contribution in [2.24, 2.45) is 11.7 Å². The summed E-state index contributed by atoms with van der Waals surface area (Å²) in [5.41, 5.74) is 7.39. The molecule has 3 heteroatoms. The quantitative estimate of drug-likeness (QED) is 0.840. The molecule has 0 radical (unpaired) electrons. The van der Waals surface area contributed by atoms with Crippen LogP contribution in [0.2, 0.25) is 5.02 Å². The second-order valence-electron chi connectivity index (χ2n) is 4.03. The largest absolute Gasteiger partial charge is 0.381 e. The molecule has 1 saturated heterocycles. The molecule has 1 aliphatic rings. The van der Waals surface area contributed by atoms with Crippen LogP contribution in [-0.4, -0.2) is 13.2 Å². The van der Waals surface area contributed by atoms with E-state index in [0.29, 0.717) is 5.92 Å². The lowest BCUT2D eigenvalue weighted by Crippen LogP contribution is -2.27. The van der Waals surface area contributed by atoms with E-state index in [1.807, 2.05) is 24.3 Å². The van der Waals surface area contributed by atoms with E-state index in [1.54, 1.807) is 0 Å². The maximum absolute atomic E-state index is 6.22. The van der Waals surface area contributed by atoms with E-state index in [1.165, 1.54) is 5.56 Å². The minimum absolute atomic E-state index is 0.117. The highest BCUT2D eigenvalue weighted by atomic mass is 35.5. The first-order chi connectivity index (χ1) is 7.27. The fourth-order valence-electron chi connectivity index (χ4n) is 2.03. The zero-order valence-corrected chi connectivity index (χ0v) is 9.41. The van der Waals surface area contributed by atoms with Gasteiger partial charge in [0.25, 0.3) is 0 Å². The van der Waals surface area contributed by atoms with E-state index >= 15 is 0 Å². The summed E-state index contributed by atoms with van der Waals surface area (Å²) in [7, 11) is 0. The molecule has 1 fully saturated rings. The fourth-order valence-corrected chi connectivity index (χ4v) is 2.16. The van der Waals surface area contributed by atoms with Gasteiger partial charge in [-0.05, 0) is 36.5 Å². The molecule has 0 saturated carbocycles. The van der Waals surface area contributed by atoms with Gasteiger partial charge in [0.1, 0.15) is 0 Å². The molecule has 2 N–H and O–H groups in total. The van der Waals surface area contributed by atoms with Crippen LogP contribution in [0.25, 0.3) is 0 Å². The van der Waals surface area contributed by atoms with E-state index in [4.69, 9.17) is 22.1 Å². The molecular formula is C12H16ClNO. The standard InChI is InChI=1S/C12H16ClNO/c13-11-3-1-9(2-4-11)12(14)10-5-7-15-8-6-10/h1-4,10,12H,5-8,14H2/t12-/m1/s1. The van der Waals surface area contributed by atoms with Crippen LogP contribution < -0.4 is 5.73 Å². The summed E-state index contributed by atoms with van der Waals surface area (Å²) in [5, 5.41) is 0.762. The van der Waals surface area contributed by atoms with Gasteiger partial charge >= 0.3 is 0 Å². The van der Waals surface area contributed by atoms with E-state index in [0.717, 1.165) is 31.1 Å². The predicted molar refractivity (Wildman–Crippen MR) is 61.9 cm³/mol. The Bertz CT molecular complexity index is 306. The first-order valence-corrected chi connectivity index (χ1v) is 5.74. The van der Waals surface area contributed by atoms with Crippen LogP contribution >= 0.6 is 11.6 Å². The van der Waals surface area contributed by atoms with Gasteiger partial charge in [-0.1, -0.05) is 23.7 Å². The van der Waals surface area contributed by atoms with Crippen molar-refractivity contribution in [1.82, 2.24) is 0 Å². The molecule has 0 aromatic heterocycles. The normalized spacial score (nSPS) is 20.1. The molecule has 2 nitrogen and oxygen atoms in total. The molecule has 1 aromatic rings. The lowest BCUT2D eigenvalue weighted by Gasteiger charge is -2.27. The van der Waals surface area contributed by atoms with Crippen molar-refractivity contribution in [1.29, 1.82) is 0 Å². The van der Waals surface area contributed by atoms with Crippen molar-refractivity contribution in [3.05, 3.63) is 34.9 Å². The second-order valence-corrected chi connectivity index (χ2v) is 4.46. The van der Waals surface area contributed by atoms with Crippen molar-refractivity contribution in [3.63, 3.8) is 0 Å². The third-order valence-corrected chi connectivity index (χ3v) is 3.28. The van der Waals surface area contributed by atoms with Crippen LogP contribution in [0.5, 0.6) is 0 Å². The molecule has 0 bridgehead atoms. The van der Waals surface area contributed by atoms with Gasteiger partial charge in [0.15, 0.2) is 0 Å². The minimum atomic E-state index is 0.117. The van der Waals surface area contributed by atoms with Crippen LogP contribution in [-0.2, 0) is 4.74 Å². The van der Waals surface area contributed by atoms with Crippen LogP contribution in [0.3, 0.4) is 0 Å². The SMILES string of the molecule is N[C@H](c1ccc(Cl)cc1)C1CCOCC1. The smallest absolute Gasteiger partial charge is 0.0469 e. The van der Waals surface area contributed by atoms with E-state index in [9.17, 15) is 0 Å². The van der Waals surface area contributed by atoms with Crippen molar-refractivity contribution >= 4 is 11.6 Å². The molecule has 0 spiro atoms. The maximum atomic E-state index is 6.22. The number of halogens is 1. The summed E-state index contributed by atoms with van der Waals surface area (Å²) in [6.07, 6.45) is 2.12. The molecule has 0 amide bonds. The molecule has 1 aromatic carbocycles. The highest BCUT2D eigenvalue weighted by molar-refractivity contribution is 6.30. The third-order valence-electron chi connectivity index (χ3n) is 3.03. The van der Waals surface area contributed by atoms with Crippen molar-refractivity contribution in [2.75, 3.05) is 13.2 Å². The first-order valence-electron chi connectivity index (χ1n) is 5.36. The van der Waals surface area contributed by atoms with E-state index in [-0.39, 0.29) is 6.04 Å². The van der Waals surface area contributed by atoms with Gasteiger partial charge in [-0.2, -0.15) is 0 Å². The average molecular weight is 226 g/mol. The fraction of sp³-hybridized carbons (Fsp3) is 0.500. The lowest BCUT2D eigenvalue weighted by molar-refractivity contribution is 0.0584. The van der Waals surface area contributed by atoms with Crippen molar-refractivity contribution in [3.8, 4) is 0 Å².